The second-order valence-corrected chi connectivity index (χ2v) is 7.20. The zero-order valence-electron chi connectivity index (χ0n) is 12.4. The van der Waals surface area contributed by atoms with Crippen molar-refractivity contribution in [2.24, 2.45) is 10.9 Å². The van der Waals surface area contributed by atoms with Gasteiger partial charge < -0.3 is 10.9 Å². The van der Waals surface area contributed by atoms with Gasteiger partial charge in [-0.25, -0.2) is 0 Å². The Morgan fingerprint density at radius 3 is 2.30 bits per heavy atom. The molecule has 0 aromatic heterocycles. The summed E-state index contributed by atoms with van der Waals surface area (Å²) < 4.78 is 26.7. The van der Waals surface area contributed by atoms with Gasteiger partial charge in [-0.2, -0.15) is 17.0 Å². The number of amidine groups is 1. The highest BCUT2D eigenvalue weighted by Gasteiger charge is 2.32. The Balaban J connectivity index is 2.69. The van der Waals surface area contributed by atoms with E-state index in [0.717, 1.165) is 12.8 Å². The van der Waals surface area contributed by atoms with Crippen molar-refractivity contribution in [1.29, 1.82) is 0 Å². The van der Waals surface area contributed by atoms with Crippen LogP contribution in [0.5, 0.6) is 0 Å². The molecule has 1 atom stereocenters. The normalized spacial score (nSPS) is 21.3. The lowest BCUT2D eigenvalue weighted by atomic mass is 10.1. The summed E-state index contributed by atoms with van der Waals surface area (Å²) in [7, 11) is -0.306. The molecule has 0 radical (unpaired) electrons. The van der Waals surface area contributed by atoms with E-state index < -0.39 is 10.2 Å². The van der Waals surface area contributed by atoms with E-state index in [1.165, 1.54) is 22.7 Å². The average molecular weight is 307 g/mol. The fourth-order valence-electron chi connectivity index (χ4n) is 2.33. The molecule has 0 amide bonds. The molecule has 9 heteroatoms. The van der Waals surface area contributed by atoms with Crippen LogP contribution in [0, 0.1) is 0 Å². The highest BCUT2D eigenvalue weighted by atomic mass is 32.2. The van der Waals surface area contributed by atoms with Gasteiger partial charge in [0, 0.05) is 40.3 Å². The SMILES string of the molecule is CCCC(C(N)=NO)N1CCN(S(=O)(=O)N(C)C)CC1. The Hall–Kier alpha value is -0.900. The Morgan fingerprint density at radius 1 is 1.35 bits per heavy atom. The first kappa shape index (κ1) is 17.2. The second kappa shape index (κ2) is 7.21. The molecule has 1 aliphatic rings. The van der Waals surface area contributed by atoms with Gasteiger partial charge in [-0.05, 0) is 6.42 Å². The van der Waals surface area contributed by atoms with E-state index in [1.807, 2.05) is 6.92 Å². The molecule has 0 aliphatic carbocycles. The number of oxime groups is 1. The van der Waals surface area contributed by atoms with Crippen molar-refractivity contribution in [3.8, 4) is 0 Å². The van der Waals surface area contributed by atoms with Crippen molar-refractivity contribution >= 4 is 16.0 Å². The van der Waals surface area contributed by atoms with Crippen molar-refractivity contribution in [1.82, 2.24) is 13.5 Å². The van der Waals surface area contributed by atoms with Crippen LogP contribution in [0.4, 0.5) is 0 Å². The number of hydrogen-bond acceptors (Lipinski definition) is 5. The van der Waals surface area contributed by atoms with Crippen LogP contribution >= 0.6 is 0 Å². The summed E-state index contributed by atoms with van der Waals surface area (Å²) in [4.78, 5) is 2.07. The van der Waals surface area contributed by atoms with E-state index in [-0.39, 0.29) is 11.9 Å². The summed E-state index contributed by atoms with van der Waals surface area (Å²) in [6.45, 7) is 4.02. The van der Waals surface area contributed by atoms with Gasteiger partial charge in [0.15, 0.2) is 5.84 Å². The van der Waals surface area contributed by atoms with Crippen LogP contribution in [0.3, 0.4) is 0 Å². The molecule has 1 fully saturated rings. The Bertz CT molecular complexity index is 429. The summed E-state index contributed by atoms with van der Waals surface area (Å²) in [5, 5.41) is 11.9. The van der Waals surface area contributed by atoms with Crippen molar-refractivity contribution in [3.63, 3.8) is 0 Å². The molecule has 0 aromatic carbocycles. The molecule has 1 rings (SSSR count). The highest BCUT2D eigenvalue weighted by Crippen LogP contribution is 2.14. The van der Waals surface area contributed by atoms with E-state index in [4.69, 9.17) is 10.9 Å². The standard InChI is InChI=1S/C11H25N5O3S/c1-4-5-10(11(12)13-17)15-6-8-16(9-7-15)20(18,19)14(2)3/h10,17H,4-9H2,1-3H3,(H2,12,13). The Labute approximate surface area is 121 Å². The van der Waals surface area contributed by atoms with Gasteiger partial charge >= 0.3 is 0 Å². The summed E-state index contributed by atoms with van der Waals surface area (Å²) in [5.74, 6) is 0.191. The maximum Gasteiger partial charge on any atom is 0.281 e. The minimum atomic E-state index is -3.36. The van der Waals surface area contributed by atoms with Crippen molar-refractivity contribution in [2.45, 2.75) is 25.8 Å². The van der Waals surface area contributed by atoms with E-state index in [2.05, 4.69) is 10.1 Å². The fraction of sp³-hybridized carbons (Fsp3) is 0.909. The van der Waals surface area contributed by atoms with E-state index in [0.29, 0.717) is 26.2 Å². The molecule has 0 bridgehead atoms. The zero-order chi connectivity index (χ0) is 15.3. The molecule has 20 heavy (non-hydrogen) atoms. The minimum Gasteiger partial charge on any atom is -0.409 e. The molecule has 1 heterocycles. The first-order valence-electron chi connectivity index (χ1n) is 6.73. The molecule has 8 nitrogen and oxygen atoms in total. The average Bonchev–Trinajstić information content (AvgIpc) is 2.44. The molecular formula is C11H25N5O3S. The lowest BCUT2D eigenvalue weighted by Crippen LogP contribution is -2.56. The molecule has 0 aromatic rings. The smallest absolute Gasteiger partial charge is 0.281 e. The molecule has 1 saturated heterocycles. The number of hydrogen-bond donors (Lipinski definition) is 2. The number of piperazine rings is 1. The maximum atomic E-state index is 12.0. The third kappa shape index (κ3) is 3.81. The van der Waals surface area contributed by atoms with Crippen LogP contribution in [-0.4, -0.2) is 79.3 Å². The van der Waals surface area contributed by atoms with Crippen LogP contribution in [0.25, 0.3) is 0 Å². The predicted octanol–water partition coefficient (Wildman–Crippen LogP) is -0.674. The molecule has 1 unspecified atom stereocenters. The number of rotatable bonds is 6. The second-order valence-electron chi connectivity index (χ2n) is 5.05. The minimum absolute atomic E-state index is 0.130. The zero-order valence-corrected chi connectivity index (χ0v) is 13.2. The monoisotopic (exact) mass is 307 g/mol. The summed E-state index contributed by atoms with van der Waals surface area (Å²) in [5.41, 5.74) is 5.72. The first-order valence-corrected chi connectivity index (χ1v) is 8.13. The van der Waals surface area contributed by atoms with Gasteiger partial charge in [0.2, 0.25) is 0 Å². The van der Waals surface area contributed by atoms with Gasteiger partial charge in [-0.3, -0.25) is 4.90 Å². The van der Waals surface area contributed by atoms with Crippen molar-refractivity contribution in [2.75, 3.05) is 40.3 Å². The first-order chi connectivity index (χ1) is 9.34. The van der Waals surface area contributed by atoms with Gasteiger partial charge in [-0.1, -0.05) is 18.5 Å². The molecular weight excluding hydrogens is 282 g/mol. The van der Waals surface area contributed by atoms with Crippen molar-refractivity contribution in [3.05, 3.63) is 0 Å². The summed E-state index contributed by atoms with van der Waals surface area (Å²) in [6, 6.07) is -0.130. The summed E-state index contributed by atoms with van der Waals surface area (Å²) >= 11 is 0. The van der Waals surface area contributed by atoms with Crippen LogP contribution in [0.2, 0.25) is 0 Å². The van der Waals surface area contributed by atoms with E-state index in [9.17, 15) is 8.42 Å². The molecule has 118 valence electrons. The quantitative estimate of drug-likeness (QED) is 0.293. The predicted molar refractivity (Wildman–Crippen MR) is 77.9 cm³/mol. The highest BCUT2D eigenvalue weighted by molar-refractivity contribution is 7.86. The molecule has 0 spiro atoms. The third-order valence-corrected chi connectivity index (χ3v) is 5.46. The summed E-state index contributed by atoms with van der Waals surface area (Å²) in [6.07, 6.45) is 1.70. The van der Waals surface area contributed by atoms with Crippen LogP contribution in [0.15, 0.2) is 5.16 Å². The third-order valence-electron chi connectivity index (χ3n) is 3.52. The van der Waals surface area contributed by atoms with E-state index in [1.54, 1.807) is 0 Å². The Morgan fingerprint density at radius 2 is 1.90 bits per heavy atom. The van der Waals surface area contributed by atoms with Crippen LogP contribution in [0.1, 0.15) is 19.8 Å². The lowest BCUT2D eigenvalue weighted by molar-refractivity contribution is 0.155. The van der Waals surface area contributed by atoms with Gasteiger partial charge in [0.05, 0.1) is 6.04 Å². The fourth-order valence-corrected chi connectivity index (χ4v) is 3.42. The van der Waals surface area contributed by atoms with E-state index >= 15 is 0 Å². The van der Waals surface area contributed by atoms with Gasteiger partial charge in [0.25, 0.3) is 10.2 Å². The maximum absolute atomic E-state index is 12.0. The number of nitrogens with zero attached hydrogens (tertiary/aromatic N) is 4. The van der Waals surface area contributed by atoms with Crippen LogP contribution < -0.4 is 5.73 Å². The van der Waals surface area contributed by atoms with Gasteiger partial charge in [-0.15, -0.1) is 0 Å². The molecule has 0 saturated carbocycles. The molecule has 3 N–H and O–H groups in total. The molecule has 1 aliphatic heterocycles. The van der Waals surface area contributed by atoms with Gasteiger partial charge in [0.1, 0.15) is 0 Å². The number of nitrogens with two attached hydrogens (primary N) is 1. The van der Waals surface area contributed by atoms with Crippen molar-refractivity contribution < 1.29 is 13.6 Å². The van der Waals surface area contributed by atoms with Crippen LogP contribution in [-0.2, 0) is 10.2 Å². The largest absolute Gasteiger partial charge is 0.409 e. The lowest BCUT2D eigenvalue weighted by Gasteiger charge is -2.38. The Kier molecular flexibility index (Phi) is 6.18. The topological polar surface area (TPSA) is 102 Å².